The molecular weight excluding hydrogens is 684 g/mol. The standard InChI is InChI=1S/C35H27F6N5O5/c1-18-10-21(31(47)48)4-6-25(18)20-5-7-29(50-3)26(13-20)27-15-43-32(45-9-8-42-17-45)44-28(27)16-46-19(2)30(51-33(46)49)22-11-23(34(36,37)38)14-24(12-22)35(39,40)41/h4-15,17,19,30H,16H2,1-3H3,(H,47,48)/t19-,30-/m0/s1. The van der Waals surface area contributed by atoms with E-state index in [-0.39, 0.29) is 29.8 Å². The topological polar surface area (TPSA) is 120 Å². The third kappa shape index (κ3) is 6.93. The van der Waals surface area contributed by atoms with Crippen LogP contribution in [-0.2, 0) is 23.6 Å². The third-order valence-corrected chi connectivity index (χ3v) is 8.52. The number of alkyl halides is 6. The van der Waals surface area contributed by atoms with Crippen LogP contribution in [0, 0.1) is 6.92 Å². The van der Waals surface area contributed by atoms with Crippen molar-refractivity contribution in [2.24, 2.45) is 0 Å². The molecule has 6 rings (SSSR count). The van der Waals surface area contributed by atoms with Crippen molar-refractivity contribution in [1.82, 2.24) is 24.4 Å². The zero-order valence-electron chi connectivity index (χ0n) is 27.0. The molecule has 1 fully saturated rings. The number of halogens is 6. The summed E-state index contributed by atoms with van der Waals surface area (Å²) in [6.45, 7) is 2.92. The van der Waals surface area contributed by atoms with Crippen LogP contribution in [0.15, 0.2) is 79.5 Å². The Hall–Kier alpha value is -5.93. The predicted octanol–water partition coefficient (Wildman–Crippen LogP) is 8.13. The molecule has 1 amide bonds. The van der Waals surface area contributed by atoms with Crippen molar-refractivity contribution in [3.05, 3.63) is 113 Å². The SMILES string of the molecule is COc1ccc(-c2ccc(C(=O)O)cc2C)cc1-c1cnc(-n2ccnc2)nc1CN1C(=O)O[C@H](c2cc(C(F)(F)F)cc(C(F)(F)F)c2)[C@@H]1C. The van der Waals surface area contributed by atoms with Crippen LogP contribution in [0.5, 0.6) is 5.75 Å². The second-order valence-corrected chi connectivity index (χ2v) is 11.8. The maximum atomic E-state index is 13.7. The number of hydrogen-bond donors (Lipinski definition) is 1. The highest BCUT2D eigenvalue weighted by molar-refractivity contribution is 5.89. The molecule has 51 heavy (non-hydrogen) atoms. The molecule has 0 bridgehead atoms. The number of amides is 1. The Morgan fingerprint density at radius 2 is 1.67 bits per heavy atom. The fourth-order valence-electron chi connectivity index (χ4n) is 5.92. The molecule has 5 aromatic rings. The predicted molar refractivity (Wildman–Crippen MR) is 169 cm³/mol. The molecule has 1 aliphatic heterocycles. The summed E-state index contributed by atoms with van der Waals surface area (Å²) in [6, 6.07) is 9.99. The number of nitrogens with zero attached hydrogens (tertiary/aromatic N) is 5. The van der Waals surface area contributed by atoms with Gasteiger partial charge >= 0.3 is 24.4 Å². The number of benzene rings is 3. The van der Waals surface area contributed by atoms with Gasteiger partial charge in [-0.15, -0.1) is 0 Å². The number of carbonyl (C=O) groups is 2. The lowest BCUT2D eigenvalue weighted by molar-refractivity contribution is -0.143. The molecule has 1 aliphatic rings. The van der Waals surface area contributed by atoms with Gasteiger partial charge in [-0.2, -0.15) is 26.3 Å². The van der Waals surface area contributed by atoms with E-state index in [1.54, 1.807) is 37.4 Å². The average molecular weight is 712 g/mol. The number of imidazole rings is 1. The van der Waals surface area contributed by atoms with Crippen LogP contribution < -0.4 is 4.74 Å². The van der Waals surface area contributed by atoms with Gasteiger partial charge in [-0.3, -0.25) is 9.47 Å². The summed E-state index contributed by atoms with van der Waals surface area (Å²) in [5.41, 5.74) is -0.222. The molecule has 0 spiro atoms. The Balaban J connectivity index is 1.43. The maximum absolute atomic E-state index is 13.7. The Kier molecular flexibility index (Phi) is 8.95. The first kappa shape index (κ1) is 34.9. The van der Waals surface area contributed by atoms with Crippen LogP contribution in [0.1, 0.15) is 51.3 Å². The van der Waals surface area contributed by atoms with Crippen molar-refractivity contribution in [2.75, 3.05) is 7.11 Å². The molecule has 1 saturated heterocycles. The molecule has 3 aromatic carbocycles. The second-order valence-electron chi connectivity index (χ2n) is 11.8. The number of aryl methyl sites for hydroxylation is 1. The van der Waals surface area contributed by atoms with Crippen molar-refractivity contribution in [1.29, 1.82) is 0 Å². The van der Waals surface area contributed by atoms with Gasteiger partial charge in [0.05, 0.1) is 42.1 Å². The van der Waals surface area contributed by atoms with Crippen molar-refractivity contribution in [3.63, 3.8) is 0 Å². The number of hydrogen-bond acceptors (Lipinski definition) is 7. The minimum absolute atomic E-state index is 0.0109. The van der Waals surface area contributed by atoms with Gasteiger partial charge in [-0.05, 0) is 78.6 Å². The van der Waals surface area contributed by atoms with Gasteiger partial charge in [0.25, 0.3) is 0 Å². The van der Waals surface area contributed by atoms with Crippen LogP contribution in [0.4, 0.5) is 31.1 Å². The average Bonchev–Trinajstić information content (AvgIpc) is 3.72. The molecule has 0 radical (unpaired) electrons. The normalized spacial score (nSPS) is 16.3. The van der Waals surface area contributed by atoms with Gasteiger partial charge in [0.2, 0.25) is 5.95 Å². The van der Waals surface area contributed by atoms with Crippen molar-refractivity contribution in [2.45, 2.75) is 44.9 Å². The van der Waals surface area contributed by atoms with Crippen LogP contribution in [0.25, 0.3) is 28.2 Å². The first-order valence-corrected chi connectivity index (χ1v) is 15.2. The van der Waals surface area contributed by atoms with Crippen LogP contribution in [0.2, 0.25) is 0 Å². The zero-order valence-corrected chi connectivity index (χ0v) is 27.0. The fraction of sp³-hybridized carbons (Fsp3) is 0.229. The van der Waals surface area contributed by atoms with Crippen LogP contribution in [-0.4, -0.2) is 54.7 Å². The van der Waals surface area contributed by atoms with E-state index in [0.29, 0.717) is 40.1 Å². The Morgan fingerprint density at radius 3 is 2.25 bits per heavy atom. The molecule has 0 aliphatic carbocycles. The Morgan fingerprint density at radius 1 is 0.961 bits per heavy atom. The number of cyclic esters (lactones) is 1. The highest BCUT2D eigenvalue weighted by atomic mass is 19.4. The molecule has 0 saturated carbocycles. The summed E-state index contributed by atoms with van der Waals surface area (Å²) >= 11 is 0. The Bertz CT molecular complexity index is 2100. The van der Waals surface area contributed by atoms with Gasteiger partial charge in [0, 0.05) is 29.7 Å². The molecule has 1 N–H and O–H groups in total. The van der Waals surface area contributed by atoms with Gasteiger partial charge in [-0.1, -0.05) is 12.1 Å². The quantitative estimate of drug-likeness (QED) is 0.160. The van der Waals surface area contributed by atoms with E-state index >= 15 is 0 Å². The molecule has 10 nitrogen and oxygen atoms in total. The zero-order chi connectivity index (χ0) is 36.8. The number of carboxylic acids is 1. The van der Waals surface area contributed by atoms with E-state index in [0.717, 1.165) is 10.5 Å². The number of carboxylic acid groups (broad SMARTS) is 1. The molecule has 16 heteroatoms. The van der Waals surface area contributed by atoms with E-state index in [4.69, 9.17) is 9.47 Å². The summed E-state index contributed by atoms with van der Waals surface area (Å²) in [5, 5.41) is 9.41. The van der Waals surface area contributed by atoms with E-state index in [1.807, 2.05) is 0 Å². The molecule has 3 heterocycles. The van der Waals surface area contributed by atoms with Crippen molar-refractivity contribution in [3.8, 4) is 34.0 Å². The molecular formula is C35H27F6N5O5. The van der Waals surface area contributed by atoms with E-state index in [1.165, 1.54) is 49.5 Å². The maximum Gasteiger partial charge on any atom is 0.416 e. The van der Waals surface area contributed by atoms with Crippen molar-refractivity contribution >= 4 is 12.1 Å². The summed E-state index contributed by atoms with van der Waals surface area (Å²) in [5.74, 6) is -0.533. The minimum atomic E-state index is -5.09. The van der Waals surface area contributed by atoms with E-state index < -0.39 is 53.3 Å². The monoisotopic (exact) mass is 711 g/mol. The first-order valence-electron chi connectivity index (χ1n) is 15.2. The summed E-state index contributed by atoms with van der Waals surface area (Å²) in [6.07, 6.45) is -6.63. The molecule has 0 unspecified atom stereocenters. The lowest BCUT2D eigenvalue weighted by atomic mass is 9.94. The largest absolute Gasteiger partial charge is 0.496 e. The van der Waals surface area contributed by atoms with Gasteiger partial charge in [-0.25, -0.2) is 24.5 Å². The number of aromatic carboxylic acids is 1. The smallest absolute Gasteiger partial charge is 0.416 e. The minimum Gasteiger partial charge on any atom is -0.496 e. The van der Waals surface area contributed by atoms with Gasteiger partial charge in [0.1, 0.15) is 18.2 Å². The Labute approximate surface area is 285 Å². The summed E-state index contributed by atoms with van der Waals surface area (Å²) in [7, 11) is 1.45. The number of methoxy groups -OCH3 is 1. The number of carbonyl (C=O) groups excluding carboxylic acids is 1. The van der Waals surface area contributed by atoms with Crippen molar-refractivity contribution < 1.29 is 50.5 Å². The van der Waals surface area contributed by atoms with E-state index in [9.17, 15) is 41.0 Å². The molecule has 2 atom stereocenters. The lowest BCUT2D eigenvalue weighted by Crippen LogP contribution is -2.32. The number of ether oxygens (including phenoxy) is 2. The van der Waals surface area contributed by atoms with Gasteiger partial charge < -0.3 is 14.6 Å². The molecule has 2 aromatic heterocycles. The van der Waals surface area contributed by atoms with Gasteiger partial charge in [0.15, 0.2) is 0 Å². The highest BCUT2D eigenvalue weighted by Crippen LogP contribution is 2.42. The number of rotatable bonds is 8. The third-order valence-electron chi connectivity index (χ3n) is 8.52. The van der Waals surface area contributed by atoms with Crippen LogP contribution >= 0.6 is 0 Å². The second kappa shape index (κ2) is 13.1. The van der Waals surface area contributed by atoms with E-state index in [2.05, 4.69) is 15.0 Å². The highest BCUT2D eigenvalue weighted by Gasteiger charge is 2.43. The number of aromatic nitrogens is 4. The molecule has 264 valence electrons. The fourth-order valence-corrected chi connectivity index (χ4v) is 5.92. The van der Waals surface area contributed by atoms with Crippen LogP contribution in [0.3, 0.4) is 0 Å². The first-order chi connectivity index (χ1) is 24.0. The summed E-state index contributed by atoms with van der Waals surface area (Å²) < 4.78 is 94.5. The summed E-state index contributed by atoms with van der Waals surface area (Å²) in [4.78, 5) is 39.1. The lowest BCUT2D eigenvalue weighted by Gasteiger charge is -2.23.